The smallest absolute Gasteiger partial charge is 0.322 e. The Bertz CT molecular complexity index is 1030. The van der Waals surface area contributed by atoms with Gasteiger partial charge < -0.3 is 15.6 Å². The van der Waals surface area contributed by atoms with E-state index in [0.29, 0.717) is 11.1 Å². The number of carbonyl (C=O) groups is 2. The minimum atomic E-state index is -1.15. The number of halogens is 1. The molecule has 0 spiro atoms. The maximum atomic E-state index is 14.3. The minimum Gasteiger partial charge on any atom is -0.480 e. The molecule has 162 valence electrons. The highest BCUT2D eigenvalue weighted by atomic mass is 19.2. The number of amides is 1. The summed E-state index contributed by atoms with van der Waals surface area (Å²) in [5, 5.41) is 20.7. The molecule has 3 rings (SSSR count). The van der Waals surface area contributed by atoms with Gasteiger partial charge in [0.2, 0.25) is 5.82 Å². The number of carboxylic acids is 1. The molecule has 2 aromatic heterocycles. The average molecular weight is 429 g/mol. The van der Waals surface area contributed by atoms with Crippen LogP contribution in [0.1, 0.15) is 16.1 Å². The zero-order valence-electron chi connectivity index (χ0n) is 16.3. The molecule has 0 aliphatic heterocycles. The molecular weight excluding hydrogens is 409 g/mol. The predicted octanol–water partition coefficient (Wildman–Crippen LogP) is 0.690. The first-order valence-corrected chi connectivity index (χ1v) is 9.26. The normalized spacial score (nSPS) is 11.8. The van der Waals surface area contributed by atoms with Crippen molar-refractivity contribution in [1.29, 1.82) is 0 Å². The molecule has 0 bridgehead atoms. The number of carbonyl (C=O) groups excluding carboxylic acids is 1. The van der Waals surface area contributed by atoms with Crippen LogP contribution in [-0.2, 0) is 22.6 Å². The summed E-state index contributed by atoms with van der Waals surface area (Å²) in [5.41, 5.74) is 6.32. The molecule has 3 aromatic rings. The zero-order valence-corrected chi connectivity index (χ0v) is 16.3. The van der Waals surface area contributed by atoms with Crippen LogP contribution in [0.4, 0.5) is 4.48 Å². The van der Waals surface area contributed by atoms with E-state index in [1.54, 1.807) is 36.4 Å². The van der Waals surface area contributed by atoms with Crippen LogP contribution in [0.3, 0.4) is 0 Å². The second-order valence-electron chi connectivity index (χ2n) is 6.47. The number of rotatable bonds is 10. The molecule has 3 N–H and O–H groups in total. The van der Waals surface area contributed by atoms with Gasteiger partial charge in [0, 0.05) is 11.8 Å². The number of benzene rings is 1. The van der Waals surface area contributed by atoms with E-state index in [2.05, 4.69) is 20.4 Å². The van der Waals surface area contributed by atoms with Crippen LogP contribution in [0, 0.1) is 0 Å². The first-order valence-electron chi connectivity index (χ1n) is 9.26. The quantitative estimate of drug-likeness (QED) is 0.350. The van der Waals surface area contributed by atoms with Crippen molar-refractivity contribution >= 4 is 11.9 Å². The van der Waals surface area contributed by atoms with Crippen LogP contribution in [-0.4, -0.2) is 66.6 Å². The Labute approximate surface area is 176 Å². The molecule has 0 saturated carbocycles. The van der Waals surface area contributed by atoms with Gasteiger partial charge in [-0.15, -0.1) is 10.2 Å². The predicted molar refractivity (Wildman–Crippen MR) is 105 cm³/mol. The van der Waals surface area contributed by atoms with Gasteiger partial charge in [0.25, 0.3) is 5.91 Å². The lowest BCUT2D eigenvalue weighted by Gasteiger charge is -2.11. The van der Waals surface area contributed by atoms with E-state index in [4.69, 9.17) is 15.6 Å². The molecule has 1 atom stereocenters. The SMILES string of the molecule is NC(COCCn1nnc(-c2ccnc(C(=O)N(F)Cc3ccccc3)c2)n1)C(=O)O. The van der Waals surface area contributed by atoms with Crippen LogP contribution in [0.15, 0.2) is 48.7 Å². The van der Waals surface area contributed by atoms with Crippen LogP contribution >= 0.6 is 0 Å². The molecular formula is C19H20FN7O4. The Balaban J connectivity index is 1.60. The van der Waals surface area contributed by atoms with E-state index in [9.17, 15) is 14.1 Å². The Hall–Kier alpha value is -3.77. The van der Waals surface area contributed by atoms with E-state index in [0.717, 1.165) is 0 Å². The highest BCUT2D eigenvalue weighted by Gasteiger charge is 2.19. The molecule has 0 aliphatic carbocycles. The Morgan fingerprint density at radius 3 is 2.77 bits per heavy atom. The summed E-state index contributed by atoms with van der Waals surface area (Å²) in [6.07, 6.45) is 1.36. The van der Waals surface area contributed by atoms with Gasteiger partial charge in [0.1, 0.15) is 11.7 Å². The number of aromatic nitrogens is 5. The van der Waals surface area contributed by atoms with Crippen molar-refractivity contribution in [3.05, 3.63) is 59.9 Å². The van der Waals surface area contributed by atoms with Crippen LogP contribution < -0.4 is 5.73 Å². The summed E-state index contributed by atoms with van der Waals surface area (Å²) in [6, 6.07) is 10.6. The average Bonchev–Trinajstić information content (AvgIpc) is 3.25. The van der Waals surface area contributed by atoms with Crippen molar-refractivity contribution in [1.82, 2.24) is 30.3 Å². The molecule has 0 aliphatic rings. The van der Waals surface area contributed by atoms with Crippen LogP contribution in [0.2, 0.25) is 0 Å². The lowest BCUT2D eigenvalue weighted by Crippen LogP contribution is -2.35. The van der Waals surface area contributed by atoms with Crippen molar-refractivity contribution in [3.63, 3.8) is 0 Å². The van der Waals surface area contributed by atoms with Gasteiger partial charge in [0.15, 0.2) is 0 Å². The van der Waals surface area contributed by atoms with Crippen molar-refractivity contribution in [2.45, 2.75) is 19.1 Å². The van der Waals surface area contributed by atoms with Crippen LogP contribution in [0.25, 0.3) is 11.4 Å². The van der Waals surface area contributed by atoms with Crippen molar-refractivity contribution in [2.75, 3.05) is 13.2 Å². The fourth-order valence-corrected chi connectivity index (χ4v) is 2.51. The van der Waals surface area contributed by atoms with Gasteiger partial charge in [-0.1, -0.05) is 34.8 Å². The number of tetrazole rings is 1. The highest BCUT2D eigenvalue weighted by Crippen LogP contribution is 2.16. The van der Waals surface area contributed by atoms with E-state index < -0.39 is 17.9 Å². The van der Waals surface area contributed by atoms with E-state index in [1.807, 2.05) is 0 Å². The first kappa shape index (κ1) is 21.9. The minimum absolute atomic E-state index is 0.0882. The second kappa shape index (κ2) is 10.3. The monoisotopic (exact) mass is 429 g/mol. The Kier molecular flexibility index (Phi) is 7.30. The maximum absolute atomic E-state index is 14.3. The topological polar surface area (TPSA) is 149 Å². The highest BCUT2D eigenvalue weighted by molar-refractivity contribution is 5.92. The van der Waals surface area contributed by atoms with Gasteiger partial charge in [-0.05, 0) is 22.9 Å². The largest absolute Gasteiger partial charge is 0.480 e. The number of aliphatic carboxylic acids is 1. The summed E-state index contributed by atoms with van der Waals surface area (Å²) in [5.74, 6) is -1.83. The van der Waals surface area contributed by atoms with Crippen molar-refractivity contribution in [2.24, 2.45) is 5.73 Å². The number of ether oxygens (including phenoxy) is 1. The maximum Gasteiger partial charge on any atom is 0.322 e. The van der Waals surface area contributed by atoms with E-state index >= 15 is 0 Å². The summed E-state index contributed by atoms with van der Waals surface area (Å²) in [6.45, 7) is -0.000320. The molecule has 0 saturated heterocycles. The molecule has 1 amide bonds. The molecule has 1 aromatic carbocycles. The van der Waals surface area contributed by atoms with Crippen molar-refractivity contribution in [3.8, 4) is 11.4 Å². The summed E-state index contributed by atoms with van der Waals surface area (Å²) in [7, 11) is 0. The Morgan fingerprint density at radius 1 is 1.26 bits per heavy atom. The fourth-order valence-electron chi connectivity index (χ4n) is 2.51. The van der Waals surface area contributed by atoms with Gasteiger partial charge in [0.05, 0.1) is 26.3 Å². The standard InChI is InChI=1S/C19H20FN7O4/c20-26(11-13-4-2-1-3-5-13)18(28)16-10-14(6-7-22-16)17-23-25-27(24-17)8-9-31-12-15(21)19(29)30/h1-7,10,15H,8-9,11-12,21H2,(H,29,30). The number of nitrogens with two attached hydrogens (primary N) is 1. The molecule has 12 heteroatoms. The van der Waals surface area contributed by atoms with E-state index in [-0.39, 0.29) is 42.9 Å². The number of nitrogens with zero attached hydrogens (tertiary/aromatic N) is 6. The molecule has 2 heterocycles. The molecule has 0 fully saturated rings. The molecule has 1 unspecified atom stereocenters. The first-order chi connectivity index (χ1) is 14.9. The number of hydrogen-bond acceptors (Lipinski definition) is 8. The third-order valence-corrected chi connectivity index (χ3v) is 4.12. The molecule has 11 nitrogen and oxygen atoms in total. The lowest BCUT2D eigenvalue weighted by atomic mass is 10.2. The van der Waals surface area contributed by atoms with Gasteiger partial charge in [-0.25, -0.2) is 0 Å². The van der Waals surface area contributed by atoms with Crippen LogP contribution in [0.5, 0.6) is 0 Å². The second-order valence-corrected chi connectivity index (χ2v) is 6.47. The van der Waals surface area contributed by atoms with Gasteiger partial charge in [-0.3, -0.25) is 14.6 Å². The Morgan fingerprint density at radius 2 is 2.03 bits per heavy atom. The molecule has 31 heavy (non-hydrogen) atoms. The fraction of sp³-hybridized carbons (Fsp3) is 0.263. The van der Waals surface area contributed by atoms with Gasteiger partial charge in [-0.2, -0.15) is 9.92 Å². The number of carboxylic acid groups (broad SMARTS) is 1. The van der Waals surface area contributed by atoms with E-state index in [1.165, 1.54) is 17.1 Å². The lowest BCUT2D eigenvalue weighted by molar-refractivity contribution is -0.140. The summed E-state index contributed by atoms with van der Waals surface area (Å²) < 4.78 is 19.5. The number of pyridine rings is 1. The third kappa shape index (κ3) is 6.10. The van der Waals surface area contributed by atoms with Gasteiger partial charge >= 0.3 is 5.97 Å². The summed E-state index contributed by atoms with van der Waals surface area (Å²) in [4.78, 5) is 28.2. The summed E-state index contributed by atoms with van der Waals surface area (Å²) >= 11 is 0. The number of hydrogen-bond donors (Lipinski definition) is 2. The zero-order chi connectivity index (χ0) is 22.2. The van der Waals surface area contributed by atoms with Crippen molar-refractivity contribution < 1.29 is 23.9 Å². The third-order valence-electron chi connectivity index (χ3n) is 4.12. The molecule has 0 radical (unpaired) electrons.